The van der Waals surface area contributed by atoms with Crippen molar-refractivity contribution in [3.63, 3.8) is 0 Å². The third-order valence-electron chi connectivity index (χ3n) is 2.53. The van der Waals surface area contributed by atoms with E-state index in [1.54, 1.807) is 45.0 Å². The van der Waals surface area contributed by atoms with Crippen LogP contribution in [0.4, 0.5) is 0 Å². The van der Waals surface area contributed by atoms with Crippen molar-refractivity contribution < 1.29 is 18.8 Å². The van der Waals surface area contributed by atoms with Crippen LogP contribution in [0.5, 0.6) is 0 Å². The second kappa shape index (κ2) is 7.65. The van der Waals surface area contributed by atoms with Gasteiger partial charge in [-0.1, -0.05) is 25.1 Å². The zero-order valence-corrected chi connectivity index (χ0v) is 12.4. The predicted octanol–water partition coefficient (Wildman–Crippen LogP) is 2.50. The van der Waals surface area contributed by atoms with Crippen molar-refractivity contribution in [1.29, 1.82) is 0 Å². The number of hydrogen-bond acceptors (Lipinski definition) is 4. The summed E-state index contributed by atoms with van der Waals surface area (Å²) in [7, 11) is 0. The molecule has 1 aromatic rings. The second-order valence-corrected chi connectivity index (χ2v) is 5.33. The summed E-state index contributed by atoms with van der Waals surface area (Å²) in [5.41, 5.74) is 0. The molecule has 1 atom stereocenters. The molecule has 106 valence electrons. The highest BCUT2D eigenvalue weighted by Gasteiger charge is 2.52. The maximum atomic E-state index is 12.7. The molecular weight excluding hydrogens is 265 g/mol. The average molecular weight is 285 g/mol. The number of Topliss-reactive ketones (excluding diaryl/α,β-unsaturated/α-hetero) is 1. The van der Waals surface area contributed by atoms with E-state index < -0.39 is 16.3 Å². The number of rotatable bonds is 8. The summed E-state index contributed by atoms with van der Waals surface area (Å²) in [5.74, 6) is -0.307. The number of hydrogen-bond donors (Lipinski definition) is 0. The zero-order valence-electron chi connectivity index (χ0n) is 11.5. The number of carbonyl (C=O) groups excluding carboxylic acids is 1. The number of benzene rings is 1. The Morgan fingerprint density at radius 1 is 1.16 bits per heavy atom. The Bertz CT molecular complexity index is 388. The Morgan fingerprint density at radius 2 is 1.68 bits per heavy atom. The van der Waals surface area contributed by atoms with Gasteiger partial charge in [0.2, 0.25) is 5.78 Å². The van der Waals surface area contributed by atoms with E-state index in [-0.39, 0.29) is 25.4 Å². The Kier molecular flexibility index (Phi) is 6.51. The van der Waals surface area contributed by atoms with Crippen LogP contribution in [0.25, 0.3) is 0 Å². The SMILES string of the molecule is CCOC(OCC)(C(=O)CC)[S+]([O-])[13c]1ccccc1. The van der Waals surface area contributed by atoms with Gasteiger partial charge < -0.3 is 14.0 Å². The van der Waals surface area contributed by atoms with Crippen LogP contribution in [0.15, 0.2) is 35.2 Å². The molecular formula is C14H20O4S. The Morgan fingerprint density at radius 3 is 2.11 bits per heavy atom. The lowest BCUT2D eigenvalue weighted by molar-refractivity contribution is -0.185. The van der Waals surface area contributed by atoms with E-state index in [1.165, 1.54) is 0 Å². The fourth-order valence-corrected chi connectivity index (χ4v) is 3.22. The van der Waals surface area contributed by atoms with E-state index in [0.717, 1.165) is 0 Å². The van der Waals surface area contributed by atoms with Crippen LogP contribution in [0.2, 0.25) is 0 Å². The van der Waals surface area contributed by atoms with Gasteiger partial charge in [0.05, 0.1) is 24.4 Å². The highest BCUT2D eigenvalue weighted by Crippen LogP contribution is 2.30. The lowest BCUT2D eigenvalue weighted by atomic mass is 10.3. The molecule has 19 heavy (non-hydrogen) atoms. The van der Waals surface area contributed by atoms with Gasteiger partial charge in [-0.2, -0.15) is 0 Å². The first-order valence-electron chi connectivity index (χ1n) is 6.40. The Balaban J connectivity index is 3.16. The second-order valence-electron chi connectivity index (χ2n) is 3.78. The smallest absolute Gasteiger partial charge is 0.405 e. The third kappa shape index (κ3) is 3.57. The van der Waals surface area contributed by atoms with Crippen LogP contribution in [0.1, 0.15) is 27.2 Å². The van der Waals surface area contributed by atoms with E-state index >= 15 is 0 Å². The van der Waals surface area contributed by atoms with E-state index in [4.69, 9.17) is 9.47 Å². The molecule has 5 heteroatoms. The molecule has 0 radical (unpaired) electrons. The Hall–Kier alpha value is -0.880. The number of ketones is 1. The van der Waals surface area contributed by atoms with Crippen LogP contribution in [-0.2, 0) is 25.4 Å². The fraction of sp³-hybridized carbons (Fsp3) is 0.500. The van der Waals surface area contributed by atoms with Crippen molar-refractivity contribution in [2.24, 2.45) is 0 Å². The summed E-state index contributed by atoms with van der Waals surface area (Å²) in [6.45, 7) is 5.71. The molecule has 0 amide bonds. The first-order chi connectivity index (χ1) is 9.12. The molecule has 0 aromatic heterocycles. The molecule has 1 rings (SSSR count). The van der Waals surface area contributed by atoms with Crippen LogP contribution in [-0.4, -0.2) is 28.7 Å². The summed E-state index contributed by atoms with van der Waals surface area (Å²) >= 11 is -1.70. The highest BCUT2D eigenvalue weighted by atomic mass is 32.2. The van der Waals surface area contributed by atoms with Crippen LogP contribution in [0, 0.1) is 0 Å². The van der Waals surface area contributed by atoms with Gasteiger partial charge in [0.1, 0.15) is 0 Å². The first kappa shape index (κ1) is 16.2. The van der Waals surface area contributed by atoms with Crippen LogP contribution < -0.4 is 0 Å². The van der Waals surface area contributed by atoms with Gasteiger partial charge in [-0.05, 0) is 26.0 Å². The summed E-state index contributed by atoms with van der Waals surface area (Å²) < 4.78 is 23.6. The van der Waals surface area contributed by atoms with Crippen LogP contribution >= 0.6 is 0 Å². The van der Waals surface area contributed by atoms with E-state index in [1.807, 2.05) is 6.07 Å². The molecule has 1 unspecified atom stereocenters. The van der Waals surface area contributed by atoms with E-state index in [0.29, 0.717) is 4.90 Å². The van der Waals surface area contributed by atoms with Gasteiger partial charge in [-0.25, -0.2) is 0 Å². The van der Waals surface area contributed by atoms with Gasteiger partial charge in [0.15, 0.2) is 4.90 Å². The molecule has 1 aromatic carbocycles. The maximum Gasteiger partial charge on any atom is 0.405 e. The maximum absolute atomic E-state index is 12.7. The lowest BCUT2D eigenvalue weighted by Gasteiger charge is -2.31. The molecule has 0 N–H and O–H groups in total. The quantitative estimate of drug-likeness (QED) is 0.544. The minimum absolute atomic E-state index is 0.207. The Labute approximate surface area is 117 Å². The van der Waals surface area contributed by atoms with Gasteiger partial charge in [0.25, 0.3) is 0 Å². The van der Waals surface area contributed by atoms with Gasteiger partial charge >= 0.3 is 5.12 Å². The summed E-state index contributed by atoms with van der Waals surface area (Å²) in [6, 6.07) is 8.77. The molecule has 0 saturated carbocycles. The van der Waals surface area contributed by atoms with Crippen molar-refractivity contribution in [3.05, 3.63) is 30.3 Å². The molecule has 0 saturated heterocycles. The third-order valence-corrected chi connectivity index (χ3v) is 4.18. The topological polar surface area (TPSA) is 58.6 Å². The average Bonchev–Trinajstić information content (AvgIpc) is 2.46. The molecule has 0 bridgehead atoms. The fourth-order valence-electron chi connectivity index (χ4n) is 1.71. The van der Waals surface area contributed by atoms with Gasteiger partial charge in [0, 0.05) is 6.42 Å². The van der Waals surface area contributed by atoms with Crippen molar-refractivity contribution >= 4 is 17.0 Å². The van der Waals surface area contributed by atoms with Crippen molar-refractivity contribution in [2.45, 2.75) is 37.2 Å². The standard InChI is InChI=1S/C14H20O4S/c1-4-13(15)14(17-5-2,18-6-3)19(16)12-10-8-7-9-11-12/h7-11H,4-6H2,1-3H3/i12+1. The van der Waals surface area contributed by atoms with Crippen molar-refractivity contribution in [2.75, 3.05) is 13.2 Å². The van der Waals surface area contributed by atoms with Crippen LogP contribution in [0.3, 0.4) is 0 Å². The zero-order chi connectivity index (χ0) is 14.3. The number of carbonyl (C=O) groups is 1. The van der Waals surface area contributed by atoms with Crippen molar-refractivity contribution in [1.82, 2.24) is 0 Å². The summed E-state index contributed by atoms with van der Waals surface area (Å²) in [5, 5.41) is -1.69. The molecule has 0 heterocycles. The highest BCUT2D eigenvalue weighted by molar-refractivity contribution is 7.93. The minimum atomic E-state index is -1.70. The largest absolute Gasteiger partial charge is 0.607 e. The molecule has 0 aliphatic heterocycles. The monoisotopic (exact) mass is 285 g/mol. The molecule has 0 fully saturated rings. The normalized spacial score (nSPS) is 13.3. The predicted molar refractivity (Wildman–Crippen MR) is 74.1 cm³/mol. The van der Waals surface area contributed by atoms with Gasteiger partial charge in [-0.15, -0.1) is 0 Å². The van der Waals surface area contributed by atoms with Crippen molar-refractivity contribution in [3.8, 4) is 0 Å². The number of ether oxygens (including phenoxy) is 2. The minimum Gasteiger partial charge on any atom is -0.607 e. The molecule has 0 spiro atoms. The lowest BCUT2D eigenvalue weighted by Crippen LogP contribution is -2.51. The van der Waals surface area contributed by atoms with Gasteiger partial charge in [-0.3, -0.25) is 4.79 Å². The summed E-state index contributed by atoms with van der Waals surface area (Å²) in [4.78, 5) is 12.7. The molecule has 0 aliphatic carbocycles. The van der Waals surface area contributed by atoms with E-state index in [2.05, 4.69) is 0 Å². The molecule has 0 aliphatic rings. The summed E-state index contributed by atoms with van der Waals surface area (Å²) in [6.07, 6.45) is 0.207. The molecule has 4 nitrogen and oxygen atoms in total. The first-order valence-corrected chi connectivity index (χ1v) is 7.55. The van der Waals surface area contributed by atoms with E-state index in [9.17, 15) is 9.35 Å².